The van der Waals surface area contributed by atoms with Gasteiger partial charge in [-0.25, -0.2) is 4.79 Å². The molecular weight excluding hydrogens is 368 g/mol. The van der Waals surface area contributed by atoms with Gasteiger partial charge in [-0.1, -0.05) is 36.4 Å². The van der Waals surface area contributed by atoms with Gasteiger partial charge in [0.2, 0.25) is 0 Å². The number of carbonyl (C=O) groups excluding carboxylic acids is 2. The molecule has 2 aromatic carbocycles. The molecule has 0 N–H and O–H groups in total. The van der Waals surface area contributed by atoms with Gasteiger partial charge < -0.3 is 19.3 Å². The van der Waals surface area contributed by atoms with Crippen LogP contribution in [-0.2, 0) is 9.47 Å². The van der Waals surface area contributed by atoms with E-state index in [4.69, 9.17) is 9.47 Å². The second-order valence-electron chi connectivity index (χ2n) is 8.39. The first-order chi connectivity index (χ1) is 13.8. The molecular formula is C23H30N2O4. The molecule has 2 aromatic rings. The van der Waals surface area contributed by atoms with Gasteiger partial charge in [0.05, 0.1) is 6.04 Å². The van der Waals surface area contributed by atoms with E-state index in [-0.39, 0.29) is 18.0 Å². The van der Waals surface area contributed by atoms with Crippen molar-refractivity contribution in [1.82, 2.24) is 9.80 Å². The largest absolute Gasteiger partial charge is 0.444 e. The zero-order chi connectivity index (χ0) is 21.0. The monoisotopic (exact) mass is 398 g/mol. The summed E-state index contributed by atoms with van der Waals surface area (Å²) in [7, 11) is 1.64. The fourth-order valence-electron chi connectivity index (χ4n) is 3.68. The molecule has 0 radical (unpaired) electrons. The van der Waals surface area contributed by atoms with Crippen molar-refractivity contribution in [3.05, 3.63) is 48.0 Å². The van der Waals surface area contributed by atoms with Gasteiger partial charge in [-0.05, 0) is 44.0 Å². The van der Waals surface area contributed by atoms with E-state index in [1.165, 1.54) is 0 Å². The summed E-state index contributed by atoms with van der Waals surface area (Å²) in [5.74, 6) is -0.00643. The topological polar surface area (TPSA) is 59.1 Å². The van der Waals surface area contributed by atoms with Crippen LogP contribution in [0.5, 0.6) is 0 Å². The molecule has 1 aliphatic rings. The van der Waals surface area contributed by atoms with Crippen molar-refractivity contribution in [2.75, 3.05) is 33.4 Å². The second-order valence-corrected chi connectivity index (χ2v) is 8.39. The third-order valence-corrected chi connectivity index (χ3v) is 5.07. The van der Waals surface area contributed by atoms with Crippen LogP contribution in [0.3, 0.4) is 0 Å². The van der Waals surface area contributed by atoms with E-state index in [0.29, 0.717) is 38.2 Å². The summed E-state index contributed by atoms with van der Waals surface area (Å²) >= 11 is 0. The van der Waals surface area contributed by atoms with Gasteiger partial charge >= 0.3 is 6.09 Å². The number of nitrogens with zero attached hydrogens (tertiary/aromatic N) is 2. The van der Waals surface area contributed by atoms with Gasteiger partial charge in [0.25, 0.3) is 5.91 Å². The van der Waals surface area contributed by atoms with Crippen LogP contribution in [0.2, 0.25) is 0 Å². The Morgan fingerprint density at radius 2 is 1.79 bits per heavy atom. The summed E-state index contributed by atoms with van der Waals surface area (Å²) < 4.78 is 10.8. The van der Waals surface area contributed by atoms with E-state index >= 15 is 0 Å². The molecule has 3 rings (SSSR count). The lowest BCUT2D eigenvalue weighted by atomic mass is 10.0. The van der Waals surface area contributed by atoms with Crippen molar-refractivity contribution >= 4 is 22.8 Å². The normalized spacial score (nSPS) is 17.4. The number of fused-ring (bicyclic) bond motifs is 1. The molecule has 0 bridgehead atoms. The Morgan fingerprint density at radius 1 is 1.07 bits per heavy atom. The van der Waals surface area contributed by atoms with Crippen molar-refractivity contribution in [2.24, 2.45) is 0 Å². The van der Waals surface area contributed by atoms with Crippen molar-refractivity contribution in [1.29, 1.82) is 0 Å². The molecule has 1 saturated heterocycles. The number of benzene rings is 2. The summed E-state index contributed by atoms with van der Waals surface area (Å²) in [6, 6.07) is 13.5. The second kappa shape index (κ2) is 8.82. The maximum absolute atomic E-state index is 13.3. The van der Waals surface area contributed by atoms with E-state index in [2.05, 4.69) is 0 Å². The summed E-state index contributed by atoms with van der Waals surface area (Å²) in [6.07, 6.45) is 0.311. The van der Waals surface area contributed by atoms with Gasteiger partial charge in [-0.3, -0.25) is 4.79 Å². The van der Waals surface area contributed by atoms with Crippen molar-refractivity contribution in [3.63, 3.8) is 0 Å². The van der Waals surface area contributed by atoms with Crippen LogP contribution in [0.25, 0.3) is 10.8 Å². The third-order valence-electron chi connectivity index (χ3n) is 5.07. The lowest BCUT2D eigenvalue weighted by molar-refractivity contribution is -0.00516. The number of methoxy groups -OCH3 is 1. The third kappa shape index (κ3) is 5.07. The van der Waals surface area contributed by atoms with Crippen molar-refractivity contribution < 1.29 is 19.1 Å². The molecule has 6 heteroatoms. The zero-order valence-electron chi connectivity index (χ0n) is 17.7. The number of amides is 2. The fraction of sp³-hybridized carbons (Fsp3) is 0.478. The number of hydrogen-bond acceptors (Lipinski definition) is 4. The average Bonchev–Trinajstić information content (AvgIpc) is 2.69. The molecule has 0 saturated carbocycles. The molecule has 0 spiro atoms. The predicted molar refractivity (Wildman–Crippen MR) is 113 cm³/mol. The molecule has 1 atom stereocenters. The predicted octanol–water partition coefficient (Wildman–Crippen LogP) is 3.94. The SMILES string of the molecule is COCC[C@H]1CN(C(=O)c2cccc3ccccc23)CCN1C(=O)OC(C)(C)C. The Kier molecular flexibility index (Phi) is 6.42. The standard InChI is InChI=1S/C23H30N2O4/c1-23(2,3)29-22(27)25-14-13-24(16-18(25)12-15-28-4)21(26)20-11-7-9-17-8-5-6-10-19(17)20/h5-11,18H,12-16H2,1-4H3/t18-/m0/s1. The smallest absolute Gasteiger partial charge is 0.410 e. The highest BCUT2D eigenvalue weighted by molar-refractivity contribution is 6.07. The quantitative estimate of drug-likeness (QED) is 0.783. The van der Waals surface area contributed by atoms with Crippen LogP contribution in [0.1, 0.15) is 37.6 Å². The maximum atomic E-state index is 13.3. The number of rotatable bonds is 4. The van der Waals surface area contributed by atoms with Gasteiger partial charge in [0, 0.05) is 38.9 Å². The minimum absolute atomic E-state index is 0.00643. The Labute approximate surface area is 172 Å². The van der Waals surface area contributed by atoms with Crippen molar-refractivity contribution in [3.8, 4) is 0 Å². The maximum Gasteiger partial charge on any atom is 0.410 e. The fourth-order valence-corrected chi connectivity index (χ4v) is 3.68. The van der Waals surface area contributed by atoms with E-state index < -0.39 is 5.60 Å². The molecule has 0 unspecified atom stereocenters. The van der Waals surface area contributed by atoms with Crippen LogP contribution in [0.15, 0.2) is 42.5 Å². The Bertz CT molecular complexity index is 869. The molecule has 1 aliphatic heterocycles. The highest BCUT2D eigenvalue weighted by atomic mass is 16.6. The highest BCUT2D eigenvalue weighted by Gasteiger charge is 2.35. The Morgan fingerprint density at radius 3 is 2.52 bits per heavy atom. The Hall–Kier alpha value is -2.60. The van der Waals surface area contributed by atoms with E-state index in [0.717, 1.165) is 10.8 Å². The summed E-state index contributed by atoms with van der Waals surface area (Å²) in [5, 5.41) is 1.99. The molecule has 0 aromatic heterocycles. The van der Waals surface area contributed by atoms with Gasteiger partial charge in [-0.15, -0.1) is 0 Å². The summed E-state index contributed by atoms with van der Waals surface area (Å²) in [5.41, 5.74) is 0.137. The molecule has 6 nitrogen and oxygen atoms in total. The molecule has 156 valence electrons. The molecule has 29 heavy (non-hydrogen) atoms. The Balaban J connectivity index is 1.79. The van der Waals surface area contributed by atoms with Crippen LogP contribution in [-0.4, -0.2) is 66.8 Å². The van der Waals surface area contributed by atoms with Gasteiger partial charge in [0.15, 0.2) is 0 Å². The zero-order valence-corrected chi connectivity index (χ0v) is 17.7. The molecule has 1 heterocycles. The number of hydrogen-bond donors (Lipinski definition) is 0. The van der Waals surface area contributed by atoms with E-state index in [1.807, 2.05) is 68.1 Å². The minimum atomic E-state index is -0.557. The number of piperazine rings is 1. The highest BCUT2D eigenvalue weighted by Crippen LogP contribution is 2.23. The molecule has 0 aliphatic carbocycles. The van der Waals surface area contributed by atoms with Crippen LogP contribution in [0, 0.1) is 0 Å². The first-order valence-electron chi connectivity index (χ1n) is 10.1. The molecule has 1 fully saturated rings. The minimum Gasteiger partial charge on any atom is -0.444 e. The van der Waals surface area contributed by atoms with Gasteiger partial charge in [0.1, 0.15) is 5.60 Å². The van der Waals surface area contributed by atoms with E-state index in [1.54, 1.807) is 12.0 Å². The van der Waals surface area contributed by atoms with Crippen LogP contribution in [0.4, 0.5) is 4.79 Å². The lowest BCUT2D eigenvalue weighted by Crippen LogP contribution is -2.57. The first-order valence-corrected chi connectivity index (χ1v) is 10.1. The number of carbonyl (C=O) groups is 2. The summed E-state index contributed by atoms with van der Waals surface area (Å²) in [4.78, 5) is 29.5. The summed E-state index contributed by atoms with van der Waals surface area (Å²) in [6.45, 7) is 7.47. The van der Waals surface area contributed by atoms with Crippen LogP contribution < -0.4 is 0 Å². The molecule has 2 amide bonds. The van der Waals surface area contributed by atoms with Gasteiger partial charge in [-0.2, -0.15) is 0 Å². The number of ether oxygens (including phenoxy) is 2. The van der Waals surface area contributed by atoms with Crippen LogP contribution >= 0.6 is 0 Å². The van der Waals surface area contributed by atoms with E-state index in [9.17, 15) is 9.59 Å². The van der Waals surface area contributed by atoms with Crippen molar-refractivity contribution in [2.45, 2.75) is 38.8 Å². The lowest BCUT2D eigenvalue weighted by Gasteiger charge is -2.41. The average molecular weight is 399 g/mol. The first kappa shape index (κ1) is 21.1.